The molecule has 0 fully saturated rings. The van der Waals surface area contributed by atoms with Crippen molar-refractivity contribution in [1.82, 2.24) is 0 Å². The van der Waals surface area contributed by atoms with E-state index in [0.717, 1.165) is 25.4 Å². The Hall–Kier alpha value is -1.55. The van der Waals surface area contributed by atoms with Gasteiger partial charge in [-0.2, -0.15) is 0 Å². The first kappa shape index (κ1) is 13.5. The fourth-order valence-electron chi connectivity index (χ4n) is 1.60. The number of anilines is 1. The van der Waals surface area contributed by atoms with Crippen molar-refractivity contribution in [2.75, 3.05) is 31.2 Å². The van der Waals surface area contributed by atoms with E-state index in [1.807, 2.05) is 19.1 Å². The highest BCUT2D eigenvalue weighted by molar-refractivity contribution is 5.88. The lowest BCUT2D eigenvalue weighted by molar-refractivity contribution is 0.0697. The van der Waals surface area contributed by atoms with E-state index >= 15 is 0 Å². The van der Waals surface area contributed by atoms with Crippen molar-refractivity contribution in [3.05, 3.63) is 29.8 Å². The number of likely N-dealkylation sites (N-methyl/N-ethyl adjacent to an activating group) is 1. The number of aromatic carboxylic acids is 1. The van der Waals surface area contributed by atoms with Crippen LogP contribution in [-0.4, -0.2) is 37.4 Å². The summed E-state index contributed by atoms with van der Waals surface area (Å²) in [6.07, 6.45) is 0. The molecule has 1 N–H and O–H groups in total. The van der Waals surface area contributed by atoms with Gasteiger partial charge in [0.2, 0.25) is 0 Å². The van der Waals surface area contributed by atoms with E-state index in [4.69, 9.17) is 9.84 Å². The van der Waals surface area contributed by atoms with Crippen LogP contribution >= 0.6 is 0 Å². The molecule has 1 aromatic carbocycles. The Labute approximate surface area is 102 Å². The summed E-state index contributed by atoms with van der Waals surface area (Å²) in [7, 11) is 0. The number of ether oxygens (including phenoxy) is 1. The first-order chi connectivity index (χ1) is 8.19. The van der Waals surface area contributed by atoms with E-state index in [2.05, 4.69) is 11.8 Å². The number of benzene rings is 1. The van der Waals surface area contributed by atoms with Crippen LogP contribution in [-0.2, 0) is 4.74 Å². The molecule has 1 rings (SSSR count). The lowest BCUT2D eigenvalue weighted by atomic mass is 10.2. The van der Waals surface area contributed by atoms with E-state index in [0.29, 0.717) is 12.2 Å². The molecule has 0 aliphatic carbocycles. The van der Waals surface area contributed by atoms with E-state index in [9.17, 15) is 4.79 Å². The molecule has 0 atom stereocenters. The summed E-state index contributed by atoms with van der Waals surface area (Å²) in [5.74, 6) is -0.895. The Balaban J connectivity index is 2.65. The number of rotatable bonds is 7. The summed E-state index contributed by atoms with van der Waals surface area (Å²) >= 11 is 0. The first-order valence-corrected chi connectivity index (χ1v) is 5.85. The second-order valence-electron chi connectivity index (χ2n) is 3.63. The summed E-state index contributed by atoms with van der Waals surface area (Å²) in [5.41, 5.74) is 1.34. The van der Waals surface area contributed by atoms with Crippen molar-refractivity contribution < 1.29 is 14.6 Å². The van der Waals surface area contributed by atoms with Gasteiger partial charge in [-0.05, 0) is 38.1 Å². The van der Waals surface area contributed by atoms with Gasteiger partial charge in [0.25, 0.3) is 0 Å². The van der Waals surface area contributed by atoms with Crippen molar-refractivity contribution in [2.24, 2.45) is 0 Å². The van der Waals surface area contributed by atoms with Crippen LogP contribution in [0.15, 0.2) is 24.3 Å². The van der Waals surface area contributed by atoms with Gasteiger partial charge in [-0.15, -0.1) is 0 Å². The molecule has 0 unspecified atom stereocenters. The minimum absolute atomic E-state index is 0.314. The quantitative estimate of drug-likeness (QED) is 0.739. The molecule has 0 aliphatic heterocycles. The van der Waals surface area contributed by atoms with Crippen molar-refractivity contribution in [3.8, 4) is 0 Å². The summed E-state index contributed by atoms with van der Waals surface area (Å²) in [6.45, 7) is 7.13. The normalized spacial score (nSPS) is 10.2. The highest BCUT2D eigenvalue weighted by Crippen LogP contribution is 2.14. The fraction of sp³-hybridized carbons (Fsp3) is 0.462. The second-order valence-corrected chi connectivity index (χ2v) is 3.63. The topological polar surface area (TPSA) is 49.8 Å². The third kappa shape index (κ3) is 4.07. The van der Waals surface area contributed by atoms with Crippen LogP contribution in [0.1, 0.15) is 24.2 Å². The van der Waals surface area contributed by atoms with Crippen LogP contribution in [0.25, 0.3) is 0 Å². The van der Waals surface area contributed by atoms with Crippen LogP contribution in [0.3, 0.4) is 0 Å². The van der Waals surface area contributed by atoms with E-state index in [1.54, 1.807) is 12.1 Å². The van der Waals surface area contributed by atoms with Crippen molar-refractivity contribution in [2.45, 2.75) is 13.8 Å². The summed E-state index contributed by atoms with van der Waals surface area (Å²) in [5, 5.41) is 8.81. The molecule has 4 heteroatoms. The minimum atomic E-state index is -0.895. The Bertz CT molecular complexity index is 348. The molecule has 0 spiro atoms. The van der Waals surface area contributed by atoms with Gasteiger partial charge >= 0.3 is 5.97 Å². The molecule has 0 aliphatic rings. The van der Waals surface area contributed by atoms with Crippen LogP contribution in [0.5, 0.6) is 0 Å². The molecule has 0 radical (unpaired) electrons. The van der Waals surface area contributed by atoms with Gasteiger partial charge in [0.05, 0.1) is 12.2 Å². The smallest absolute Gasteiger partial charge is 0.335 e. The molecule has 0 bridgehead atoms. The monoisotopic (exact) mass is 237 g/mol. The average molecular weight is 237 g/mol. The van der Waals surface area contributed by atoms with Gasteiger partial charge < -0.3 is 14.7 Å². The van der Waals surface area contributed by atoms with Gasteiger partial charge in [0, 0.05) is 25.4 Å². The number of nitrogens with zero attached hydrogens (tertiary/aromatic N) is 1. The molecule has 94 valence electrons. The average Bonchev–Trinajstić information content (AvgIpc) is 2.35. The van der Waals surface area contributed by atoms with Crippen molar-refractivity contribution in [3.63, 3.8) is 0 Å². The fourth-order valence-corrected chi connectivity index (χ4v) is 1.60. The molecular formula is C13H19NO3. The van der Waals surface area contributed by atoms with Crippen molar-refractivity contribution in [1.29, 1.82) is 0 Å². The van der Waals surface area contributed by atoms with Crippen LogP contribution in [0, 0.1) is 0 Å². The van der Waals surface area contributed by atoms with Crippen LogP contribution in [0.2, 0.25) is 0 Å². The molecule has 0 saturated heterocycles. The van der Waals surface area contributed by atoms with Crippen LogP contribution in [0.4, 0.5) is 5.69 Å². The van der Waals surface area contributed by atoms with Crippen molar-refractivity contribution >= 4 is 11.7 Å². The number of hydrogen-bond acceptors (Lipinski definition) is 3. The van der Waals surface area contributed by atoms with E-state index in [-0.39, 0.29) is 0 Å². The third-order valence-electron chi connectivity index (χ3n) is 2.57. The van der Waals surface area contributed by atoms with Gasteiger partial charge in [0.1, 0.15) is 0 Å². The minimum Gasteiger partial charge on any atom is -0.478 e. The van der Waals surface area contributed by atoms with Gasteiger partial charge in [0.15, 0.2) is 0 Å². The zero-order chi connectivity index (χ0) is 12.7. The Morgan fingerprint density at radius 3 is 2.41 bits per heavy atom. The zero-order valence-electron chi connectivity index (χ0n) is 10.3. The maximum atomic E-state index is 10.7. The summed E-state index contributed by atoms with van der Waals surface area (Å²) in [6, 6.07) is 6.92. The predicted octanol–water partition coefficient (Wildman–Crippen LogP) is 2.25. The standard InChI is InChI=1S/C13H19NO3/c1-3-14(9-10-17-4-2)12-7-5-11(6-8-12)13(15)16/h5-8H,3-4,9-10H2,1-2H3,(H,15,16). The Morgan fingerprint density at radius 1 is 1.29 bits per heavy atom. The van der Waals surface area contributed by atoms with Gasteiger partial charge in [-0.3, -0.25) is 0 Å². The Kier molecular flexibility index (Phi) is 5.49. The number of carboxylic acids is 1. The molecule has 0 amide bonds. The number of hydrogen-bond donors (Lipinski definition) is 1. The third-order valence-corrected chi connectivity index (χ3v) is 2.57. The van der Waals surface area contributed by atoms with Gasteiger partial charge in [-0.25, -0.2) is 4.79 Å². The highest BCUT2D eigenvalue weighted by atomic mass is 16.5. The first-order valence-electron chi connectivity index (χ1n) is 5.85. The largest absolute Gasteiger partial charge is 0.478 e. The summed E-state index contributed by atoms with van der Waals surface area (Å²) in [4.78, 5) is 12.9. The maximum Gasteiger partial charge on any atom is 0.335 e. The molecule has 4 nitrogen and oxygen atoms in total. The Morgan fingerprint density at radius 2 is 1.94 bits per heavy atom. The molecule has 0 aromatic heterocycles. The zero-order valence-corrected chi connectivity index (χ0v) is 10.3. The maximum absolute atomic E-state index is 10.7. The second kappa shape index (κ2) is 6.91. The van der Waals surface area contributed by atoms with E-state index in [1.165, 1.54) is 0 Å². The summed E-state index contributed by atoms with van der Waals surface area (Å²) < 4.78 is 5.31. The molecule has 0 heterocycles. The molecular weight excluding hydrogens is 218 g/mol. The van der Waals surface area contributed by atoms with Gasteiger partial charge in [-0.1, -0.05) is 0 Å². The number of carboxylic acid groups (broad SMARTS) is 1. The number of carbonyl (C=O) groups is 1. The lowest BCUT2D eigenvalue weighted by Gasteiger charge is -2.22. The molecule has 17 heavy (non-hydrogen) atoms. The molecule has 0 saturated carbocycles. The van der Waals surface area contributed by atoms with E-state index < -0.39 is 5.97 Å². The molecule has 1 aromatic rings. The predicted molar refractivity (Wildman–Crippen MR) is 67.8 cm³/mol. The lowest BCUT2D eigenvalue weighted by Crippen LogP contribution is -2.27. The van der Waals surface area contributed by atoms with Crippen LogP contribution < -0.4 is 4.90 Å². The highest BCUT2D eigenvalue weighted by Gasteiger charge is 2.06. The SMILES string of the molecule is CCOCCN(CC)c1ccc(C(=O)O)cc1.